The molecule has 0 saturated carbocycles. The minimum Gasteiger partial charge on any atom is -0.330 e. The zero-order valence-corrected chi connectivity index (χ0v) is 11.9. The Labute approximate surface area is 122 Å². The fourth-order valence-corrected chi connectivity index (χ4v) is 2.33. The van der Waals surface area contributed by atoms with Crippen molar-refractivity contribution in [2.24, 2.45) is 5.73 Å². The van der Waals surface area contributed by atoms with Gasteiger partial charge in [-0.1, -0.05) is 30.7 Å². The Morgan fingerprint density at radius 2 is 1.80 bits per heavy atom. The van der Waals surface area contributed by atoms with Crippen LogP contribution in [0.25, 0.3) is 11.1 Å². The van der Waals surface area contributed by atoms with Crippen molar-refractivity contribution in [2.45, 2.75) is 19.3 Å². The summed E-state index contributed by atoms with van der Waals surface area (Å²) in [6.07, 6.45) is 0.829. The van der Waals surface area contributed by atoms with E-state index in [9.17, 15) is 8.78 Å². The van der Waals surface area contributed by atoms with E-state index in [1.807, 2.05) is 6.92 Å². The Hall–Kier alpha value is -1.45. The molecule has 2 rings (SSSR count). The Morgan fingerprint density at radius 3 is 2.45 bits per heavy atom. The van der Waals surface area contributed by atoms with Crippen LogP contribution in [0.3, 0.4) is 0 Å². The molecule has 0 aliphatic carbocycles. The summed E-state index contributed by atoms with van der Waals surface area (Å²) in [5.74, 6) is -0.616. The van der Waals surface area contributed by atoms with E-state index in [1.165, 1.54) is 24.3 Å². The van der Waals surface area contributed by atoms with Crippen molar-refractivity contribution < 1.29 is 8.78 Å². The second-order valence-corrected chi connectivity index (χ2v) is 5.25. The molecule has 1 atom stereocenters. The molecule has 0 heterocycles. The van der Waals surface area contributed by atoms with Crippen LogP contribution < -0.4 is 5.73 Å². The molecule has 0 spiro atoms. The van der Waals surface area contributed by atoms with Gasteiger partial charge >= 0.3 is 0 Å². The van der Waals surface area contributed by atoms with Crippen LogP contribution in [-0.2, 0) is 0 Å². The summed E-state index contributed by atoms with van der Waals surface area (Å²) in [5.41, 5.74) is 7.55. The molecule has 2 aromatic rings. The van der Waals surface area contributed by atoms with Gasteiger partial charge in [-0.2, -0.15) is 0 Å². The first-order valence-electron chi connectivity index (χ1n) is 6.48. The topological polar surface area (TPSA) is 26.0 Å². The summed E-state index contributed by atoms with van der Waals surface area (Å²) >= 11 is 5.75. The smallest absolute Gasteiger partial charge is 0.141 e. The van der Waals surface area contributed by atoms with E-state index in [0.29, 0.717) is 17.7 Å². The Morgan fingerprint density at radius 1 is 1.10 bits per heavy atom. The zero-order valence-electron chi connectivity index (χ0n) is 11.2. The second-order valence-electron chi connectivity index (χ2n) is 4.85. The SMILES string of the molecule is CC(CCN)c1ccc(F)c(-c2ccc(F)c(Cl)c2)c1. The van der Waals surface area contributed by atoms with Crippen LogP contribution in [-0.4, -0.2) is 6.54 Å². The van der Waals surface area contributed by atoms with Crippen LogP contribution in [0, 0.1) is 11.6 Å². The zero-order chi connectivity index (χ0) is 14.7. The van der Waals surface area contributed by atoms with Gasteiger partial charge in [-0.3, -0.25) is 0 Å². The van der Waals surface area contributed by atoms with Gasteiger partial charge in [0.05, 0.1) is 5.02 Å². The van der Waals surface area contributed by atoms with Crippen molar-refractivity contribution in [2.75, 3.05) is 6.54 Å². The van der Waals surface area contributed by atoms with Gasteiger partial charge in [0.15, 0.2) is 0 Å². The standard InChI is InChI=1S/C16H16ClF2N/c1-10(6-7-20)11-2-4-15(18)13(8-11)12-3-5-16(19)14(17)9-12/h2-5,8-10H,6-7,20H2,1H3. The maximum Gasteiger partial charge on any atom is 0.141 e. The molecule has 4 heteroatoms. The molecule has 0 saturated heterocycles. The number of hydrogen-bond acceptors (Lipinski definition) is 1. The number of rotatable bonds is 4. The first kappa shape index (κ1) is 14.9. The van der Waals surface area contributed by atoms with Gasteiger partial charge in [0.25, 0.3) is 0 Å². The average molecular weight is 296 g/mol. The van der Waals surface area contributed by atoms with Crippen LogP contribution in [0.2, 0.25) is 5.02 Å². The average Bonchev–Trinajstić information content (AvgIpc) is 2.43. The molecule has 1 nitrogen and oxygen atoms in total. The molecule has 0 radical (unpaired) electrons. The molecule has 0 bridgehead atoms. The highest BCUT2D eigenvalue weighted by molar-refractivity contribution is 6.31. The quantitative estimate of drug-likeness (QED) is 0.866. The summed E-state index contributed by atoms with van der Waals surface area (Å²) in [6.45, 7) is 2.62. The lowest BCUT2D eigenvalue weighted by molar-refractivity contribution is 0.624. The summed E-state index contributed by atoms with van der Waals surface area (Å²) < 4.78 is 27.2. The molecule has 20 heavy (non-hydrogen) atoms. The predicted molar refractivity (Wildman–Crippen MR) is 78.9 cm³/mol. The van der Waals surface area contributed by atoms with E-state index in [2.05, 4.69) is 0 Å². The van der Waals surface area contributed by atoms with E-state index < -0.39 is 5.82 Å². The van der Waals surface area contributed by atoms with E-state index in [-0.39, 0.29) is 16.8 Å². The molecule has 1 unspecified atom stereocenters. The predicted octanol–water partition coefficient (Wildman–Crippen LogP) is 4.74. The molecule has 0 amide bonds. The number of halogens is 3. The highest BCUT2D eigenvalue weighted by atomic mass is 35.5. The van der Waals surface area contributed by atoms with Crippen molar-refractivity contribution in [3.8, 4) is 11.1 Å². The van der Waals surface area contributed by atoms with Crippen LogP contribution in [0.1, 0.15) is 24.8 Å². The fourth-order valence-electron chi connectivity index (χ4n) is 2.15. The van der Waals surface area contributed by atoms with E-state index in [0.717, 1.165) is 12.0 Å². The lowest BCUT2D eigenvalue weighted by Crippen LogP contribution is -2.05. The monoisotopic (exact) mass is 295 g/mol. The molecule has 2 N–H and O–H groups in total. The highest BCUT2D eigenvalue weighted by Gasteiger charge is 2.11. The summed E-state index contributed by atoms with van der Waals surface area (Å²) in [7, 11) is 0. The van der Waals surface area contributed by atoms with Gasteiger partial charge in [0.1, 0.15) is 11.6 Å². The minimum atomic E-state index is -0.511. The maximum absolute atomic E-state index is 14.0. The molecular formula is C16H16ClF2N. The van der Waals surface area contributed by atoms with Gasteiger partial charge in [0, 0.05) is 5.56 Å². The normalized spacial score (nSPS) is 12.4. The van der Waals surface area contributed by atoms with Crippen molar-refractivity contribution in [1.29, 1.82) is 0 Å². The Bertz CT molecular complexity index is 613. The highest BCUT2D eigenvalue weighted by Crippen LogP contribution is 2.30. The molecule has 106 valence electrons. The van der Waals surface area contributed by atoms with Crippen LogP contribution >= 0.6 is 11.6 Å². The van der Waals surface area contributed by atoms with Gasteiger partial charge in [-0.05, 0) is 54.3 Å². The van der Waals surface area contributed by atoms with E-state index >= 15 is 0 Å². The van der Waals surface area contributed by atoms with Crippen molar-refractivity contribution in [3.63, 3.8) is 0 Å². The number of nitrogens with two attached hydrogens (primary N) is 1. The molecular weight excluding hydrogens is 280 g/mol. The number of hydrogen-bond donors (Lipinski definition) is 1. The molecule has 0 aliphatic heterocycles. The Kier molecular flexibility index (Phi) is 4.73. The first-order chi connectivity index (χ1) is 9.52. The lowest BCUT2D eigenvalue weighted by atomic mass is 9.94. The van der Waals surface area contributed by atoms with E-state index in [1.54, 1.807) is 12.1 Å². The fraction of sp³-hybridized carbons (Fsp3) is 0.250. The molecule has 0 aliphatic rings. The summed E-state index contributed by atoms with van der Waals surface area (Å²) in [6, 6.07) is 9.16. The third kappa shape index (κ3) is 3.17. The van der Waals surface area contributed by atoms with Crippen molar-refractivity contribution in [1.82, 2.24) is 0 Å². The Balaban J connectivity index is 2.44. The number of benzene rings is 2. The van der Waals surface area contributed by atoms with Crippen molar-refractivity contribution in [3.05, 3.63) is 58.6 Å². The largest absolute Gasteiger partial charge is 0.330 e. The van der Waals surface area contributed by atoms with Crippen LogP contribution in [0.4, 0.5) is 8.78 Å². The molecule has 0 fully saturated rings. The third-order valence-corrected chi connectivity index (χ3v) is 3.68. The third-order valence-electron chi connectivity index (χ3n) is 3.39. The van der Waals surface area contributed by atoms with Gasteiger partial charge < -0.3 is 5.73 Å². The summed E-state index contributed by atoms with van der Waals surface area (Å²) in [5, 5.41) is -0.0118. The lowest BCUT2D eigenvalue weighted by Gasteiger charge is -2.13. The first-order valence-corrected chi connectivity index (χ1v) is 6.85. The summed E-state index contributed by atoms with van der Waals surface area (Å²) in [4.78, 5) is 0. The van der Waals surface area contributed by atoms with Crippen LogP contribution in [0.15, 0.2) is 36.4 Å². The van der Waals surface area contributed by atoms with Gasteiger partial charge in [0.2, 0.25) is 0 Å². The van der Waals surface area contributed by atoms with Gasteiger partial charge in [-0.25, -0.2) is 8.78 Å². The molecule has 2 aromatic carbocycles. The second kappa shape index (κ2) is 6.33. The maximum atomic E-state index is 14.0. The van der Waals surface area contributed by atoms with Gasteiger partial charge in [-0.15, -0.1) is 0 Å². The van der Waals surface area contributed by atoms with Crippen molar-refractivity contribution >= 4 is 11.6 Å². The van der Waals surface area contributed by atoms with Crippen LogP contribution in [0.5, 0.6) is 0 Å². The minimum absolute atomic E-state index is 0.0118. The van der Waals surface area contributed by atoms with E-state index in [4.69, 9.17) is 17.3 Å². The molecule has 0 aromatic heterocycles.